The molecule has 0 aliphatic heterocycles. The Morgan fingerprint density at radius 3 is 0.799 bits per heavy atom. The van der Waals surface area contributed by atoms with Gasteiger partial charge in [0.15, 0.2) is 0 Å². The molecule has 4 heterocycles. The average molecular weight is 1820 g/mol. The van der Waals surface area contributed by atoms with Gasteiger partial charge in [-0.1, -0.05) is 425 Å². The predicted molar refractivity (Wildman–Crippen MR) is 617 cm³/mol. The van der Waals surface area contributed by atoms with E-state index in [4.69, 9.17) is 15.0 Å². The lowest BCUT2D eigenvalue weighted by atomic mass is 9.86. The molecule has 0 bridgehead atoms. The number of benzene rings is 28. The fourth-order valence-electron chi connectivity index (χ4n) is 23.7. The fourth-order valence-corrected chi connectivity index (χ4v) is 23.7. The molecule has 0 saturated heterocycles. The summed E-state index contributed by atoms with van der Waals surface area (Å²) >= 11 is 0. The molecule has 0 N–H and O–H groups in total. The van der Waals surface area contributed by atoms with Crippen LogP contribution >= 0.6 is 0 Å². The second kappa shape index (κ2) is 33.4. The first kappa shape index (κ1) is 82.0. The van der Waals surface area contributed by atoms with E-state index in [1.54, 1.807) is 12.4 Å². The maximum Gasteiger partial charge on any atom is 0.0892 e. The summed E-state index contributed by atoms with van der Waals surface area (Å²) in [4.78, 5) is 24.8. The van der Waals surface area contributed by atoms with Gasteiger partial charge in [-0.2, -0.15) is 0 Å². The van der Waals surface area contributed by atoms with Gasteiger partial charge in [0.25, 0.3) is 0 Å². The summed E-state index contributed by atoms with van der Waals surface area (Å²) in [7, 11) is 0. The lowest BCUT2D eigenvalue weighted by Gasteiger charge is -2.17. The number of pyridine rings is 3. The Kier molecular flexibility index (Phi) is 19.0. The molecule has 144 heavy (non-hydrogen) atoms. The summed E-state index contributed by atoms with van der Waals surface area (Å²) in [6, 6.07) is 178. The Bertz CT molecular complexity index is 11100. The number of fused-ring (bicyclic) bond motifs is 42. The molecule has 0 radical (unpaired) electrons. The Balaban J connectivity index is 0.0000000921. The molecule has 0 amide bonds. The molecule has 0 spiro atoms. The molecular weight excluding hydrogens is 1740 g/mol. The first-order valence-corrected chi connectivity index (χ1v) is 49.5. The van der Waals surface area contributed by atoms with E-state index < -0.39 is 0 Å². The molecule has 4 aromatic heterocycles. The first-order valence-electron chi connectivity index (χ1n) is 49.5. The summed E-state index contributed by atoms with van der Waals surface area (Å²) in [5.41, 5.74) is 13.9. The van der Waals surface area contributed by atoms with E-state index in [0.717, 1.165) is 55.4 Å². The Morgan fingerprint density at radius 1 is 0.118 bits per heavy atom. The maximum absolute atomic E-state index is 5.32. The smallest absolute Gasteiger partial charge is 0.0892 e. The largest absolute Gasteiger partial charge is 0.253 e. The van der Waals surface area contributed by atoms with E-state index in [1.807, 2.05) is 0 Å². The first-order chi connectivity index (χ1) is 71.4. The highest BCUT2D eigenvalue weighted by Crippen LogP contribution is 2.50. The topological polar surface area (TPSA) is 64.5 Å². The lowest BCUT2D eigenvalue weighted by Crippen LogP contribution is -1.92. The Hall–Kier alpha value is -19.1. The van der Waals surface area contributed by atoms with Crippen molar-refractivity contribution >= 4 is 259 Å². The van der Waals surface area contributed by atoms with Crippen LogP contribution in [0.2, 0.25) is 0 Å². The Labute approximate surface area is 826 Å². The number of aromatic nitrogens is 5. The van der Waals surface area contributed by atoms with Gasteiger partial charge >= 0.3 is 0 Å². The molecule has 0 atom stereocenters. The number of hydrogen-bond donors (Lipinski definition) is 0. The highest BCUT2D eigenvalue weighted by atomic mass is 14.8. The summed E-state index contributed by atoms with van der Waals surface area (Å²) < 4.78 is 0. The molecule has 0 saturated carbocycles. The van der Waals surface area contributed by atoms with Crippen molar-refractivity contribution < 1.29 is 0 Å². The van der Waals surface area contributed by atoms with E-state index in [9.17, 15) is 0 Å². The van der Waals surface area contributed by atoms with Crippen LogP contribution in [0.4, 0.5) is 0 Å². The standard InChI is InChI=1S/2C39H23N.C35H21N.C26H16N2/c1-3-11-27-24(9-1)19-21-33-29-13-5-6-14-30(29)35-23-34(31-15-7-8-16-32(31)38(35)37(27)33)36-22-20-26-18-17-25-10-2-4-12-28(25)39(26)40-36;1-2-11-27-22-35-33(21-26(27)10-1)29-13-5-6-14-30(29)36-23-34(31-15-7-8-16-32(31)38(35)36)37-20-19-25-18-17-24-9-3-4-12-28(24)39(25)40-37;1-2-10-24-22(9-1)17-18-23-19-20-33(36-35(23)24)31-21-32-27-13-4-3-11-25(27)26-12-5-7-15-29(26)34(32)30-16-8-6-14-28(30)31;1-2-6-19-17(5-1)9-11-22-20-7-3-4-8-21(20)23(16-24(19)22)18-10-12-25-26(15-18)28-14-13-27-25/h2*1-23H;1-21H;1-16H. The van der Waals surface area contributed by atoms with Gasteiger partial charge in [-0.25, -0.2) is 15.0 Å². The van der Waals surface area contributed by atoms with Crippen LogP contribution in [0.5, 0.6) is 0 Å². The normalized spacial score (nSPS) is 11.9. The second-order valence-electron chi connectivity index (χ2n) is 38.1. The van der Waals surface area contributed by atoms with Crippen molar-refractivity contribution in [1.29, 1.82) is 0 Å². The van der Waals surface area contributed by atoms with Crippen LogP contribution in [0.1, 0.15) is 0 Å². The zero-order valence-electron chi connectivity index (χ0n) is 78.2. The van der Waals surface area contributed by atoms with E-state index in [1.165, 1.54) is 249 Å². The molecule has 5 heteroatoms. The van der Waals surface area contributed by atoms with Crippen molar-refractivity contribution in [3.05, 3.63) is 504 Å². The molecule has 5 nitrogen and oxygen atoms in total. The third kappa shape index (κ3) is 13.3. The minimum absolute atomic E-state index is 0.918. The van der Waals surface area contributed by atoms with Gasteiger partial charge in [0.05, 0.1) is 44.7 Å². The highest BCUT2D eigenvalue weighted by molar-refractivity contribution is 6.39. The number of hydrogen-bond acceptors (Lipinski definition) is 5. The molecule has 0 fully saturated rings. The number of nitrogens with zero attached hydrogens (tertiary/aromatic N) is 5. The minimum atomic E-state index is 0.918. The van der Waals surface area contributed by atoms with Gasteiger partial charge in [-0.05, 0) is 277 Å². The summed E-state index contributed by atoms with van der Waals surface area (Å²) in [6.07, 6.45) is 3.48. The molecule has 28 aromatic carbocycles. The summed E-state index contributed by atoms with van der Waals surface area (Å²) in [5.74, 6) is 0. The van der Waals surface area contributed by atoms with Crippen LogP contribution in [0.15, 0.2) is 504 Å². The van der Waals surface area contributed by atoms with E-state index in [-0.39, 0.29) is 0 Å². The predicted octanol–water partition coefficient (Wildman–Crippen LogP) is 38.1. The van der Waals surface area contributed by atoms with Crippen molar-refractivity contribution in [3.63, 3.8) is 0 Å². The third-order valence-electron chi connectivity index (χ3n) is 30.3. The quantitative estimate of drug-likeness (QED) is 0.130. The summed E-state index contributed by atoms with van der Waals surface area (Å²) in [6.45, 7) is 0. The van der Waals surface area contributed by atoms with Gasteiger partial charge in [0.2, 0.25) is 0 Å². The van der Waals surface area contributed by atoms with Gasteiger partial charge < -0.3 is 0 Å². The highest BCUT2D eigenvalue weighted by Gasteiger charge is 2.24. The molecule has 0 aliphatic rings. The SMILES string of the molecule is c1ccc2c(c1)ccc1c3ccccc3c(-c3ccc4nccnc4c3)cc21.c1ccc2c(c1)ccc1ccc(-c3cc4c5ccccc5c5ccc6ccccc6c5c4c4ccccc34)nc12.c1ccc2c(c1)ccc1ccc(-c3cc4c5ccccc5c5ccccc5c4c4ccccc34)nc12.c1ccc2cc3c(cc2c1)c1ccccc1c1cc(-c2ccc4ccc5ccccc5c4n2)c2ccccc2c13. The summed E-state index contributed by atoms with van der Waals surface area (Å²) in [5, 5.41) is 54.2. The second-order valence-corrected chi connectivity index (χ2v) is 38.1. The monoisotopic (exact) mass is 1820 g/mol. The molecule has 664 valence electrons. The zero-order valence-corrected chi connectivity index (χ0v) is 78.2. The van der Waals surface area contributed by atoms with Crippen molar-refractivity contribution in [1.82, 2.24) is 24.9 Å². The minimum Gasteiger partial charge on any atom is -0.253 e. The average Bonchev–Trinajstić information content (AvgIpc) is 0.698. The van der Waals surface area contributed by atoms with Crippen molar-refractivity contribution in [2.75, 3.05) is 0 Å². The van der Waals surface area contributed by atoms with Crippen LogP contribution in [-0.2, 0) is 0 Å². The van der Waals surface area contributed by atoms with Crippen LogP contribution in [0.3, 0.4) is 0 Å². The molecule has 0 unspecified atom stereocenters. The van der Waals surface area contributed by atoms with Gasteiger partial charge in [0, 0.05) is 61.4 Å². The maximum atomic E-state index is 5.32. The van der Waals surface area contributed by atoms with Crippen LogP contribution in [0, 0.1) is 0 Å². The van der Waals surface area contributed by atoms with Gasteiger partial charge in [0.1, 0.15) is 0 Å². The Morgan fingerprint density at radius 2 is 0.354 bits per heavy atom. The van der Waals surface area contributed by atoms with E-state index >= 15 is 0 Å². The molecular formula is C139H83N5. The van der Waals surface area contributed by atoms with Gasteiger partial charge in [-0.15, -0.1) is 0 Å². The number of rotatable bonds is 4. The van der Waals surface area contributed by atoms with Crippen LogP contribution < -0.4 is 0 Å². The molecule has 32 aromatic rings. The van der Waals surface area contributed by atoms with Crippen LogP contribution in [-0.4, -0.2) is 24.9 Å². The van der Waals surface area contributed by atoms with Crippen molar-refractivity contribution in [2.45, 2.75) is 0 Å². The third-order valence-corrected chi connectivity index (χ3v) is 30.3. The van der Waals surface area contributed by atoms with Crippen LogP contribution in [0.25, 0.3) is 304 Å². The fraction of sp³-hybridized carbons (Fsp3) is 0. The van der Waals surface area contributed by atoms with Crippen molar-refractivity contribution in [3.8, 4) is 44.9 Å². The van der Waals surface area contributed by atoms with Crippen molar-refractivity contribution in [2.24, 2.45) is 0 Å². The molecule has 32 rings (SSSR count). The lowest BCUT2D eigenvalue weighted by molar-refractivity contribution is 1.29. The van der Waals surface area contributed by atoms with E-state index in [2.05, 4.69) is 501 Å². The van der Waals surface area contributed by atoms with Gasteiger partial charge in [-0.3, -0.25) is 9.97 Å². The zero-order chi connectivity index (χ0) is 94.6. The van der Waals surface area contributed by atoms with E-state index in [0.29, 0.717) is 0 Å². The molecule has 0 aliphatic carbocycles.